The third-order valence-electron chi connectivity index (χ3n) is 14.3. The fraction of sp³-hybridized carbons (Fsp3) is 0.189. The van der Waals surface area contributed by atoms with E-state index in [9.17, 15) is 0 Å². The van der Waals surface area contributed by atoms with Gasteiger partial charge in [0.05, 0.1) is 0 Å². The first-order valence-electron chi connectivity index (χ1n) is 20.7. The molecule has 4 heteroatoms. The summed E-state index contributed by atoms with van der Waals surface area (Å²) in [5.41, 5.74) is 13.2. The van der Waals surface area contributed by atoms with Crippen LogP contribution in [-0.2, 0) is 5.41 Å². The Hall–Kier alpha value is -6.39. The van der Waals surface area contributed by atoms with Gasteiger partial charge in [0.25, 0.3) is 0 Å². The number of hydrogen-bond acceptors (Lipinski definition) is 4. The van der Waals surface area contributed by atoms with Crippen LogP contribution >= 0.6 is 0 Å². The van der Waals surface area contributed by atoms with Crippen molar-refractivity contribution in [1.29, 1.82) is 0 Å². The van der Waals surface area contributed by atoms with E-state index in [1.54, 1.807) is 5.56 Å². The van der Waals surface area contributed by atoms with Crippen LogP contribution in [0.3, 0.4) is 0 Å². The van der Waals surface area contributed by atoms with Crippen LogP contribution in [0, 0.1) is 23.7 Å². The summed E-state index contributed by atoms with van der Waals surface area (Å²) in [6.45, 7) is 0. The monoisotopic (exact) mass is 733 g/mol. The Morgan fingerprint density at radius 3 is 1.82 bits per heavy atom. The average molecular weight is 734 g/mol. The predicted octanol–water partition coefficient (Wildman–Crippen LogP) is 13.3. The molecule has 5 aliphatic carbocycles. The van der Waals surface area contributed by atoms with Crippen molar-refractivity contribution in [2.24, 2.45) is 23.7 Å². The van der Waals surface area contributed by atoms with E-state index in [4.69, 9.17) is 19.4 Å². The first-order chi connectivity index (χ1) is 28.2. The highest BCUT2D eigenvalue weighted by Crippen LogP contribution is 2.70. The minimum Gasteiger partial charge on any atom is -0.456 e. The molecule has 0 N–H and O–H groups in total. The Kier molecular flexibility index (Phi) is 6.59. The van der Waals surface area contributed by atoms with Crippen molar-refractivity contribution in [2.75, 3.05) is 0 Å². The van der Waals surface area contributed by atoms with Crippen LogP contribution in [0.15, 0.2) is 156 Å². The van der Waals surface area contributed by atoms with Crippen molar-refractivity contribution in [3.05, 3.63) is 163 Å². The molecule has 0 unspecified atom stereocenters. The summed E-state index contributed by atoms with van der Waals surface area (Å²) in [5, 5.41) is 4.84. The number of fused-ring (bicyclic) bond motifs is 7. The lowest BCUT2D eigenvalue weighted by Gasteiger charge is -2.61. The maximum absolute atomic E-state index is 6.51. The lowest BCUT2D eigenvalue weighted by atomic mass is 9.43. The number of benzene rings is 7. The van der Waals surface area contributed by atoms with E-state index in [-0.39, 0.29) is 5.41 Å². The quantitative estimate of drug-likeness (QED) is 0.181. The van der Waals surface area contributed by atoms with Crippen LogP contribution in [0.1, 0.15) is 43.2 Å². The van der Waals surface area contributed by atoms with E-state index in [1.165, 1.54) is 76.1 Å². The standard InChI is InChI=1S/C53H39N3O/c1-2-10-34(11-3-1)50-54-51(56-52(55-50)39-18-17-33-9-4-5-12-35(33)26-39)38-14-8-13-36(27-38)37-19-20-42-44-30-49-45(43-15-6-7-16-48(43)57-49)29-47(44)53(46(42)28-37)40-22-31-21-32(24-40)25-41(53)23-31/h1-20,26-32,40-41H,21-25H2. The van der Waals surface area contributed by atoms with E-state index in [0.29, 0.717) is 29.3 Å². The number of furan rings is 1. The van der Waals surface area contributed by atoms with Crippen molar-refractivity contribution in [1.82, 2.24) is 15.0 Å². The zero-order valence-corrected chi connectivity index (χ0v) is 31.5. The summed E-state index contributed by atoms with van der Waals surface area (Å²) in [4.78, 5) is 15.3. The largest absolute Gasteiger partial charge is 0.456 e. The second kappa shape index (κ2) is 11.8. The molecule has 5 aliphatic rings. The number of rotatable bonds is 4. The van der Waals surface area contributed by atoms with Crippen LogP contribution in [0.5, 0.6) is 0 Å². The van der Waals surface area contributed by atoms with Crippen LogP contribution in [0.4, 0.5) is 0 Å². The fourth-order valence-electron chi connectivity index (χ4n) is 12.1. The van der Waals surface area contributed by atoms with Crippen molar-refractivity contribution in [3.63, 3.8) is 0 Å². The normalized spacial score (nSPS) is 22.8. The summed E-state index contributed by atoms with van der Waals surface area (Å²) in [7, 11) is 0. The van der Waals surface area contributed by atoms with Gasteiger partial charge in [0, 0.05) is 32.9 Å². The predicted molar refractivity (Wildman–Crippen MR) is 230 cm³/mol. The van der Waals surface area contributed by atoms with Gasteiger partial charge in [-0.3, -0.25) is 0 Å². The molecule has 0 amide bonds. The van der Waals surface area contributed by atoms with Gasteiger partial charge in [-0.15, -0.1) is 0 Å². The molecule has 4 fully saturated rings. The van der Waals surface area contributed by atoms with Crippen molar-refractivity contribution >= 4 is 32.7 Å². The molecule has 4 bridgehead atoms. The molecule has 0 saturated heterocycles. The lowest BCUT2D eigenvalue weighted by molar-refractivity contribution is -0.0398. The Morgan fingerprint density at radius 1 is 0.404 bits per heavy atom. The lowest BCUT2D eigenvalue weighted by Crippen LogP contribution is -2.55. The molecule has 4 saturated carbocycles. The molecule has 2 aromatic heterocycles. The summed E-state index contributed by atoms with van der Waals surface area (Å²) < 4.78 is 6.51. The molecule has 272 valence electrons. The third-order valence-corrected chi connectivity index (χ3v) is 14.3. The Balaban J connectivity index is 0.964. The Labute approximate surface area is 331 Å². The van der Waals surface area contributed by atoms with Gasteiger partial charge in [-0.05, 0) is 136 Å². The zero-order chi connectivity index (χ0) is 37.2. The Bertz CT molecular complexity index is 3080. The summed E-state index contributed by atoms with van der Waals surface area (Å²) in [5.74, 6) is 5.12. The van der Waals surface area contributed by atoms with Gasteiger partial charge in [0.1, 0.15) is 11.2 Å². The molecule has 0 radical (unpaired) electrons. The highest BCUT2D eigenvalue weighted by molar-refractivity contribution is 6.07. The first kappa shape index (κ1) is 31.8. The number of para-hydroxylation sites is 1. The molecule has 1 spiro atoms. The maximum atomic E-state index is 6.51. The molecule has 14 rings (SSSR count). The molecule has 0 atom stereocenters. The summed E-state index contributed by atoms with van der Waals surface area (Å²) in [6, 6.07) is 54.8. The van der Waals surface area contributed by atoms with Gasteiger partial charge < -0.3 is 4.42 Å². The van der Waals surface area contributed by atoms with E-state index in [1.807, 2.05) is 18.2 Å². The van der Waals surface area contributed by atoms with E-state index < -0.39 is 0 Å². The highest BCUT2D eigenvalue weighted by atomic mass is 16.3. The number of aromatic nitrogens is 3. The van der Waals surface area contributed by atoms with Crippen LogP contribution in [-0.4, -0.2) is 15.0 Å². The van der Waals surface area contributed by atoms with E-state index >= 15 is 0 Å². The Morgan fingerprint density at radius 2 is 1.02 bits per heavy atom. The first-order valence-corrected chi connectivity index (χ1v) is 20.7. The SMILES string of the molecule is c1ccc(-c2nc(-c3cccc(-c4ccc5c(c4)C4(c6cc7c(cc6-5)oc5ccccc57)C5CC6CC(C5)CC4C6)c3)nc(-c3ccc4ccccc4c3)n2)cc1. The van der Waals surface area contributed by atoms with Crippen molar-refractivity contribution in [2.45, 2.75) is 37.5 Å². The molecule has 0 aliphatic heterocycles. The molecular formula is C53H39N3O. The number of nitrogens with zero attached hydrogens (tertiary/aromatic N) is 3. The molecule has 4 nitrogen and oxygen atoms in total. The highest BCUT2D eigenvalue weighted by Gasteiger charge is 2.61. The van der Waals surface area contributed by atoms with Gasteiger partial charge in [-0.25, -0.2) is 15.0 Å². The number of hydrogen-bond donors (Lipinski definition) is 0. The topological polar surface area (TPSA) is 51.8 Å². The molecule has 9 aromatic rings. The second-order valence-electron chi connectivity index (χ2n) is 17.2. The smallest absolute Gasteiger partial charge is 0.164 e. The van der Waals surface area contributed by atoms with Crippen molar-refractivity contribution < 1.29 is 4.42 Å². The molecule has 7 aromatic carbocycles. The molecule has 2 heterocycles. The minimum absolute atomic E-state index is 0.0336. The summed E-state index contributed by atoms with van der Waals surface area (Å²) in [6.07, 6.45) is 6.82. The molecular weight excluding hydrogens is 695 g/mol. The van der Waals surface area contributed by atoms with Gasteiger partial charge in [-0.1, -0.05) is 115 Å². The third kappa shape index (κ3) is 4.64. The van der Waals surface area contributed by atoms with Gasteiger partial charge in [-0.2, -0.15) is 0 Å². The van der Waals surface area contributed by atoms with Crippen molar-refractivity contribution in [3.8, 4) is 56.4 Å². The van der Waals surface area contributed by atoms with Gasteiger partial charge in [0.15, 0.2) is 17.5 Å². The summed E-state index contributed by atoms with van der Waals surface area (Å²) >= 11 is 0. The van der Waals surface area contributed by atoms with Gasteiger partial charge >= 0.3 is 0 Å². The van der Waals surface area contributed by atoms with E-state index in [0.717, 1.165) is 45.1 Å². The van der Waals surface area contributed by atoms with Gasteiger partial charge in [0.2, 0.25) is 0 Å². The minimum atomic E-state index is 0.0336. The maximum Gasteiger partial charge on any atom is 0.164 e. The molecule has 57 heavy (non-hydrogen) atoms. The zero-order valence-electron chi connectivity index (χ0n) is 31.5. The average Bonchev–Trinajstić information content (AvgIpc) is 3.77. The van der Waals surface area contributed by atoms with Crippen LogP contribution < -0.4 is 0 Å². The van der Waals surface area contributed by atoms with Crippen LogP contribution in [0.25, 0.3) is 89.1 Å². The van der Waals surface area contributed by atoms with E-state index in [2.05, 4.69) is 133 Å². The second-order valence-corrected chi connectivity index (χ2v) is 17.2. The fourth-order valence-corrected chi connectivity index (χ4v) is 12.1. The van der Waals surface area contributed by atoms with Crippen LogP contribution in [0.2, 0.25) is 0 Å².